The standard InChI is InChI=1S/C15H16N2O/c1-11-3-4-14(9-12(11)2)15(18)17-10-13-5-7-16-8-6-13/h3-9H,10H2,1-2H3,(H,17,18). The van der Waals surface area contributed by atoms with Crippen LogP contribution < -0.4 is 5.32 Å². The third kappa shape index (κ3) is 2.94. The number of nitrogens with one attached hydrogen (secondary N) is 1. The molecule has 0 aliphatic rings. The van der Waals surface area contributed by atoms with Crippen LogP contribution in [-0.2, 0) is 6.54 Å². The maximum atomic E-state index is 12.0. The molecule has 1 N–H and O–H groups in total. The van der Waals surface area contributed by atoms with Gasteiger partial charge in [-0.15, -0.1) is 0 Å². The summed E-state index contributed by atoms with van der Waals surface area (Å²) in [7, 11) is 0. The van der Waals surface area contributed by atoms with Crippen LogP contribution in [0, 0.1) is 13.8 Å². The Labute approximate surface area is 107 Å². The number of rotatable bonds is 3. The van der Waals surface area contributed by atoms with Gasteiger partial charge in [-0.1, -0.05) is 6.07 Å². The zero-order chi connectivity index (χ0) is 13.0. The van der Waals surface area contributed by atoms with Crippen LogP contribution in [-0.4, -0.2) is 10.9 Å². The molecule has 0 spiro atoms. The maximum Gasteiger partial charge on any atom is 0.251 e. The monoisotopic (exact) mass is 240 g/mol. The highest BCUT2D eigenvalue weighted by molar-refractivity contribution is 5.94. The molecule has 0 bridgehead atoms. The highest BCUT2D eigenvalue weighted by Gasteiger charge is 2.06. The highest BCUT2D eigenvalue weighted by Crippen LogP contribution is 2.09. The molecule has 0 saturated heterocycles. The SMILES string of the molecule is Cc1ccc(C(=O)NCc2ccncc2)cc1C. The molecule has 0 unspecified atom stereocenters. The van der Waals surface area contributed by atoms with Crippen LogP contribution >= 0.6 is 0 Å². The summed E-state index contributed by atoms with van der Waals surface area (Å²) in [5, 5.41) is 2.90. The van der Waals surface area contributed by atoms with Crippen LogP contribution in [0.5, 0.6) is 0 Å². The van der Waals surface area contributed by atoms with Gasteiger partial charge in [0.25, 0.3) is 5.91 Å². The van der Waals surface area contributed by atoms with Gasteiger partial charge in [-0.05, 0) is 54.8 Å². The van der Waals surface area contributed by atoms with Crippen LogP contribution in [0.1, 0.15) is 27.0 Å². The number of aryl methyl sites for hydroxylation is 2. The van der Waals surface area contributed by atoms with Gasteiger partial charge < -0.3 is 5.32 Å². The van der Waals surface area contributed by atoms with E-state index in [1.807, 2.05) is 44.2 Å². The molecule has 0 saturated carbocycles. The molecule has 0 atom stereocenters. The summed E-state index contributed by atoms with van der Waals surface area (Å²) < 4.78 is 0. The Bertz CT molecular complexity index is 550. The van der Waals surface area contributed by atoms with Gasteiger partial charge in [-0.3, -0.25) is 9.78 Å². The lowest BCUT2D eigenvalue weighted by Crippen LogP contribution is -2.22. The fourth-order valence-corrected chi connectivity index (χ4v) is 1.67. The molecule has 1 aromatic carbocycles. The Morgan fingerprint density at radius 2 is 1.83 bits per heavy atom. The average molecular weight is 240 g/mol. The van der Waals surface area contributed by atoms with Crippen molar-refractivity contribution in [2.24, 2.45) is 0 Å². The molecular weight excluding hydrogens is 224 g/mol. The Balaban J connectivity index is 2.02. The van der Waals surface area contributed by atoms with E-state index in [4.69, 9.17) is 0 Å². The van der Waals surface area contributed by atoms with Crippen molar-refractivity contribution in [1.29, 1.82) is 0 Å². The molecular formula is C15H16N2O. The van der Waals surface area contributed by atoms with E-state index in [-0.39, 0.29) is 5.91 Å². The fraction of sp³-hybridized carbons (Fsp3) is 0.200. The number of nitrogens with zero attached hydrogens (tertiary/aromatic N) is 1. The molecule has 3 heteroatoms. The van der Waals surface area contributed by atoms with E-state index in [0.717, 1.165) is 11.1 Å². The number of carbonyl (C=O) groups is 1. The van der Waals surface area contributed by atoms with Gasteiger partial charge >= 0.3 is 0 Å². The normalized spacial score (nSPS) is 10.1. The van der Waals surface area contributed by atoms with Crippen molar-refractivity contribution < 1.29 is 4.79 Å². The second kappa shape index (κ2) is 5.45. The first-order valence-electron chi connectivity index (χ1n) is 5.91. The third-order valence-electron chi connectivity index (χ3n) is 2.97. The largest absolute Gasteiger partial charge is 0.348 e. The molecule has 1 heterocycles. The van der Waals surface area contributed by atoms with Crippen molar-refractivity contribution in [2.45, 2.75) is 20.4 Å². The second-order valence-corrected chi connectivity index (χ2v) is 4.34. The molecule has 0 aliphatic carbocycles. The molecule has 92 valence electrons. The van der Waals surface area contributed by atoms with Crippen LogP contribution in [0.15, 0.2) is 42.7 Å². The maximum absolute atomic E-state index is 12.0. The minimum Gasteiger partial charge on any atom is -0.348 e. The van der Waals surface area contributed by atoms with E-state index < -0.39 is 0 Å². The molecule has 0 aliphatic heterocycles. The summed E-state index contributed by atoms with van der Waals surface area (Å²) in [6.45, 7) is 4.57. The Morgan fingerprint density at radius 3 is 2.50 bits per heavy atom. The van der Waals surface area contributed by atoms with Crippen LogP contribution in [0.3, 0.4) is 0 Å². The van der Waals surface area contributed by atoms with Gasteiger partial charge in [0.1, 0.15) is 0 Å². The molecule has 1 amide bonds. The summed E-state index contributed by atoms with van der Waals surface area (Å²) in [5.41, 5.74) is 4.07. The Morgan fingerprint density at radius 1 is 1.11 bits per heavy atom. The Kier molecular flexibility index (Phi) is 3.72. The van der Waals surface area contributed by atoms with Crippen molar-refractivity contribution in [1.82, 2.24) is 10.3 Å². The van der Waals surface area contributed by atoms with Crippen molar-refractivity contribution >= 4 is 5.91 Å². The number of pyridine rings is 1. The first kappa shape index (κ1) is 12.3. The van der Waals surface area contributed by atoms with E-state index >= 15 is 0 Å². The Hall–Kier alpha value is -2.16. The van der Waals surface area contributed by atoms with Gasteiger partial charge in [-0.25, -0.2) is 0 Å². The van der Waals surface area contributed by atoms with Crippen molar-refractivity contribution in [3.8, 4) is 0 Å². The summed E-state index contributed by atoms with van der Waals surface area (Å²) in [6.07, 6.45) is 3.44. The van der Waals surface area contributed by atoms with Gasteiger partial charge in [0.2, 0.25) is 0 Å². The molecule has 2 aromatic rings. The number of benzene rings is 1. The summed E-state index contributed by atoms with van der Waals surface area (Å²) in [6, 6.07) is 9.51. The fourth-order valence-electron chi connectivity index (χ4n) is 1.67. The first-order chi connectivity index (χ1) is 8.66. The van der Waals surface area contributed by atoms with Crippen molar-refractivity contribution in [3.05, 3.63) is 65.0 Å². The average Bonchev–Trinajstić information content (AvgIpc) is 2.40. The van der Waals surface area contributed by atoms with E-state index in [9.17, 15) is 4.79 Å². The van der Waals surface area contributed by atoms with Gasteiger partial charge in [0, 0.05) is 24.5 Å². The smallest absolute Gasteiger partial charge is 0.251 e. The topological polar surface area (TPSA) is 42.0 Å². The lowest BCUT2D eigenvalue weighted by atomic mass is 10.1. The quantitative estimate of drug-likeness (QED) is 0.896. The van der Waals surface area contributed by atoms with Crippen molar-refractivity contribution in [3.63, 3.8) is 0 Å². The number of hydrogen-bond donors (Lipinski definition) is 1. The van der Waals surface area contributed by atoms with E-state index in [1.54, 1.807) is 12.4 Å². The molecule has 1 aromatic heterocycles. The second-order valence-electron chi connectivity index (χ2n) is 4.34. The van der Waals surface area contributed by atoms with Gasteiger partial charge in [-0.2, -0.15) is 0 Å². The lowest BCUT2D eigenvalue weighted by Gasteiger charge is -2.07. The first-order valence-corrected chi connectivity index (χ1v) is 5.91. The minimum atomic E-state index is -0.0464. The molecule has 2 rings (SSSR count). The number of aromatic nitrogens is 1. The number of carbonyl (C=O) groups excluding carboxylic acids is 1. The predicted octanol–water partition coefficient (Wildman–Crippen LogP) is 2.63. The summed E-state index contributed by atoms with van der Waals surface area (Å²) in [4.78, 5) is 15.9. The number of hydrogen-bond acceptors (Lipinski definition) is 2. The molecule has 3 nitrogen and oxygen atoms in total. The molecule has 0 fully saturated rings. The lowest BCUT2D eigenvalue weighted by molar-refractivity contribution is 0.0951. The predicted molar refractivity (Wildman–Crippen MR) is 71.3 cm³/mol. The highest BCUT2D eigenvalue weighted by atomic mass is 16.1. The van der Waals surface area contributed by atoms with Gasteiger partial charge in [0.15, 0.2) is 0 Å². The number of amides is 1. The van der Waals surface area contributed by atoms with Crippen molar-refractivity contribution in [2.75, 3.05) is 0 Å². The van der Waals surface area contributed by atoms with E-state index in [2.05, 4.69) is 10.3 Å². The molecule has 18 heavy (non-hydrogen) atoms. The minimum absolute atomic E-state index is 0.0464. The summed E-state index contributed by atoms with van der Waals surface area (Å²) in [5.74, 6) is -0.0464. The van der Waals surface area contributed by atoms with Crippen LogP contribution in [0.25, 0.3) is 0 Å². The van der Waals surface area contributed by atoms with E-state index in [0.29, 0.717) is 12.1 Å². The van der Waals surface area contributed by atoms with Gasteiger partial charge in [0.05, 0.1) is 0 Å². The van der Waals surface area contributed by atoms with Crippen LogP contribution in [0.2, 0.25) is 0 Å². The zero-order valence-corrected chi connectivity index (χ0v) is 10.6. The van der Waals surface area contributed by atoms with Crippen LogP contribution in [0.4, 0.5) is 0 Å². The van der Waals surface area contributed by atoms with E-state index in [1.165, 1.54) is 5.56 Å². The zero-order valence-electron chi connectivity index (χ0n) is 10.6. The third-order valence-corrected chi connectivity index (χ3v) is 2.97. The molecule has 0 radical (unpaired) electrons. The summed E-state index contributed by atoms with van der Waals surface area (Å²) >= 11 is 0.